The van der Waals surface area contributed by atoms with Crippen LogP contribution in [0, 0.1) is 6.92 Å². The zero-order valence-corrected chi connectivity index (χ0v) is 16.3. The number of likely N-dealkylation sites (tertiary alicyclic amines) is 1. The Morgan fingerprint density at radius 2 is 1.86 bits per heavy atom. The molecule has 1 aromatic carbocycles. The van der Waals surface area contributed by atoms with Crippen LogP contribution >= 0.6 is 0 Å². The van der Waals surface area contributed by atoms with Crippen LogP contribution in [0.4, 0.5) is 16.3 Å². The maximum Gasteiger partial charge on any atom is 0.409 e. The highest BCUT2D eigenvalue weighted by Gasteiger charge is 2.23. The molecule has 0 aliphatic carbocycles. The van der Waals surface area contributed by atoms with Gasteiger partial charge in [0.15, 0.2) is 0 Å². The number of piperidine rings is 1. The fourth-order valence-corrected chi connectivity index (χ4v) is 3.08. The number of anilines is 2. The van der Waals surface area contributed by atoms with Gasteiger partial charge in [-0.25, -0.2) is 9.78 Å². The molecular weight excluding hydrogens is 356 g/mol. The second-order valence-electron chi connectivity index (χ2n) is 6.86. The number of amides is 2. The zero-order chi connectivity index (χ0) is 19.9. The number of hydrogen-bond donors (Lipinski definition) is 2. The van der Waals surface area contributed by atoms with Gasteiger partial charge in [0, 0.05) is 31.0 Å². The van der Waals surface area contributed by atoms with Gasteiger partial charge >= 0.3 is 6.09 Å². The van der Waals surface area contributed by atoms with Crippen LogP contribution in [0.5, 0.6) is 0 Å². The van der Waals surface area contributed by atoms with Crippen LogP contribution in [0.15, 0.2) is 42.6 Å². The molecule has 2 aromatic rings. The van der Waals surface area contributed by atoms with Crippen molar-refractivity contribution in [1.29, 1.82) is 0 Å². The van der Waals surface area contributed by atoms with E-state index in [2.05, 4.69) is 15.6 Å². The molecule has 0 bridgehead atoms. The molecule has 0 unspecified atom stereocenters. The topological polar surface area (TPSA) is 83.6 Å². The van der Waals surface area contributed by atoms with Crippen LogP contribution in [0.3, 0.4) is 0 Å². The Morgan fingerprint density at radius 1 is 1.14 bits per heavy atom. The molecule has 0 saturated carbocycles. The highest BCUT2D eigenvalue weighted by Crippen LogP contribution is 2.17. The smallest absolute Gasteiger partial charge is 0.409 e. The first-order chi connectivity index (χ1) is 13.5. The molecule has 7 nitrogen and oxygen atoms in total. The van der Waals surface area contributed by atoms with Gasteiger partial charge in [0.2, 0.25) is 0 Å². The number of nitrogens with one attached hydrogen (secondary N) is 2. The number of nitrogens with zero attached hydrogens (tertiary/aromatic N) is 2. The van der Waals surface area contributed by atoms with Gasteiger partial charge in [-0.3, -0.25) is 4.79 Å². The number of pyridine rings is 1. The lowest BCUT2D eigenvalue weighted by molar-refractivity contribution is 0.0982. The maximum absolute atomic E-state index is 12.3. The fourth-order valence-electron chi connectivity index (χ4n) is 3.08. The standard InChI is InChI=1S/C21H26N4O3/c1-3-28-21(27)25-12-10-18(11-13-25)23-19-9-6-16(14-22-19)20(26)24-17-7-4-15(2)5-8-17/h4-9,14,18H,3,10-13H2,1-2H3,(H,22,23)(H,24,26). The fraction of sp³-hybridized carbons (Fsp3) is 0.381. The van der Waals surface area contributed by atoms with Crippen LogP contribution < -0.4 is 10.6 Å². The predicted octanol–water partition coefficient (Wildman–Crippen LogP) is 3.68. The second-order valence-corrected chi connectivity index (χ2v) is 6.86. The number of aryl methyl sites for hydroxylation is 1. The van der Waals surface area contributed by atoms with Crippen molar-refractivity contribution in [2.45, 2.75) is 32.7 Å². The molecule has 0 radical (unpaired) electrons. The Labute approximate surface area is 165 Å². The molecule has 7 heteroatoms. The first-order valence-electron chi connectivity index (χ1n) is 9.57. The van der Waals surface area contributed by atoms with Crippen molar-refractivity contribution in [3.05, 3.63) is 53.7 Å². The Bertz CT molecular complexity index is 797. The van der Waals surface area contributed by atoms with Crippen LogP contribution in [0.2, 0.25) is 0 Å². The van der Waals surface area contributed by atoms with Gasteiger partial charge in [-0.1, -0.05) is 17.7 Å². The number of carbonyl (C=O) groups is 2. The molecular formula is C21H26N4O3. The van der Waals surface area contributed by atoms with E-state index in [0.717, 1.165) is 29.9 Å². The maximum atomic E-state index is 12.3. The minimum atomic E-state index is -0.247. The van der Waals surface area contributed by atoms with E-state index in [4.69, 9.17) is 4.74 Å². The average Bonchev–Trinajstić information content (AvgIpc) is 2.71. The van der Waals surface area contributed by atoms with Gasteiger partial charge < -0.3 is 20.3 Å². The average molecular weight is 382 g/mol. The van der Waals surface area contributed by atoms with E-state index in [0.29, 0.717) is 25.3 Å². The Morgan fingerprint density at radius 3 is 2.46 bits per heavy atom. The largest absolute Gasteiger partial charge is 0.450 e. The Kier molecular flexibility index (Phi) is 6.47. The minimum Gasteiger partial charge on any atom is -0.450 e. The summed E-state index contributed by atoms with van der Waals surface area (Å²) in [6.45, 7) is 5.52. The monoisotopic (exact) mass is 382 g/mol. The quantitative estimate of drug-likeness (QED) is 0.824. The molecule has 1 aromatic heterocycles. The molecule has 3 rings (SSSR count). The molecule has 0 atom stereocenters. The second kappa shape index (κ2) is 9.21. The van der Waals surface area contributed by atoms with Gasteiger partial charge in [0.05, 0.1) is 12.2 Å². The van der Waals surface area contributed by atoms with Crippen molar-refractivity contribution < 1.29 is 14.3 Å². The van der Waals surface area contributed by atoms with Crippen LogP contribution in [-0.4, -0.2) is 47.6 Å². The lowest BCUT2D eigenvalue weighted by Gasteiger charge is -2.31. The number of carbonyl (C=O) groups excluding carboxylic acids is 2. The Hall–Kier alpha value is -3.09. The van der Waals surface area contributed by atoms with E-state index >= 15 is 0 Å². The first kappa shape index (κ1) is 19.7. The van der Waals surface area contributed by atoms with E-state index in [1.54, 1.807) is 17.2 Å². The van der Waals surface area contributed by atoms with Crippen molar-refractivity contribution in [3.8, 4) is 0 Å². The van der Waals surface area contributed by atoms with Crippen LogP contribution in [0.25, 0.3) is 0 Å². The normalized spacial score (nSPS) is 14.4. The van der Waals surface area contributed by atoms with Crippen molar-refractivity contribution in [2.24, 2.45) is 0 Å². The summed E-state index contributed by atoms with van der Waals surface area (Å²) in [7, 11) is 0. The summed E-state index contributed by atoms with van der Waals surface area (Å²) in [5.41, 5.74) is 2.40. The third-order valence-corrected chi connectivity index (χ3v) is 4.71. The lowest BCUT2D eigenvalue weighted by atomic mass is 10.1. The molecule has 148 valence electrons. The molecule has 1 aliphatic rings. The van der Waals surface area contributed by atoms with E-state index in [1.807, 2.05) is 44.2 Å². The summed E-state index contributed by atoms with van der Waals surface area (Å²) in [6.07, 6.45) is 2.98. The molecule has 1 fully saturated rings. The van der Waals surface area contributed by atoms with E-state index in [-0.39, 0.29) is 18.0 Å². The molecule has 2 amide bonds. The van der Waals surface area contributed by atoms with Crippen molar-refractivity contribution in [1.82, 2.24) is 9.88 Å². The highest BCUT2D eigenvalue weighted by atomic mass is 16.6. The zero-order valence-electron chi connectivity index (χ0n) is 16.3. The van der Waals surface area contributed by atoms with Gasteiger partial charge in [-0.2, -0.15) is 0 Å². The van der Waals surface area contributed by atoms with Crippen molar-refractivity contribution in [2.75, 3.05) is 30.3 Å². The number of ether oxygens (including phenoxy) is 1. The van der Waals surface area contributed by atoms with E-state index < -0.39 is 0 Å². The predicted molar refractivity (Wildman–Crippen MR) is 109 cm³/mol. The number of benzene rings is 1. The number of hydrogen-bond acceptors (Lipinski definition) is 5. The van der Waals surface area contributed by atoms with Crippen molar-refractivity contribution >= 4 is 23.5 Å². The Balaban J connectivity index is 1.50. The molecule has 0 spiro atoms. The van der Waals surface area contributed by atoms with Gasteiger partial charge in [0.1, 0.15) is 5.82 Å². The summed E-state index contributed by atoms with van der Waals surface area (Å²) in [5.74, 6) is 0.534. The molecule has 28 heavy (non-hydrogen) atoms. The SMILES string of the molecule is CCOC(=O)N1CCC(Nc2ccc(C(=O)Nc3ccc(C)cc3)cn2)CC1. The minimum absolute atomic E-state index is 0.189. The third kappa shape index (κ3) is 5.22. The van der Waals surface area contributed by atoms with Gasteiger partial charge in [-0.15, -0.1) is 0 Å². The summed E-state index contributed by atoms with van der Waals surface area (Å²) >= 11 is 0. The summed E-state index contributed by atoms with van der Waals surface area (Å²) < 4.78 is 5.04. The van der Waals surface area contributed by atoms with E-state index in [9.17, 15) is 9.59 Å². The van der Waals surface area contributed by atoms with Gasteiger partial charge in [0.25, 0.3) is 5.91 Å². The molecule has 1 aliphatic heterocycles. The summed E-state index contributed by atoms with van der Waals surface area (Å²) in [5, 5.41) is 6.24. The molecule has 1 saturated heterocycles. The van der Waals surface area contributed by atoms with E-state index in [1.165, 1.54) is 0 Å². The summed E-state index contributed by atoms with van der Waals surface area (Å²) in [4.78, 5) is 30.2. The highest BCUT2D eigenvalue weighted by molar-refractivity contribution is 6.04. The first-order valence-corrected chi connectivity index (χ1v) is 9.57. The van der Waals surface area contributed by atoms with Crippen LogP contribution in [0.1, 0.15) is 35.7 Å². The summed E-state index contributed by atoms with van der Waals surface area (Å²) in [6, 6.07) is 11.5. The number of aromatic nitrogens is 1. The van der Waals surface area contributed by atoms with Gasteiger partial charge in [-0.05, 0) is 51.0 Å². The molecule has 2 heterocycles. The molecule has 2 N–H and O–H groups in total. The number of rotatable bonds is 5. The van der Waals surface area contributed by atoms with Crippen LogP contribution in [-0.2, 0) is 4.74 Å². The third-order valence-electron chi connectivity index (χ3n) is 4.71. The van der Waals surface area contributed by atoms with Crippen molar-refractivity contribution in [3.63, 3.8) is 0 Å². The lowest BCUT2D eigenvalue weighted by Crippen LogP contribution is -2.42.